The Kier molecular flexibility index (Phi) is 5.69. The average Bonchev–Trinajstić information content (AvgIpc) is 2.69. The van der Waals surface area contributed by atoms with Crippen LogP contribution in [0.15, 0.2) is 60.8 Å². The molecule has 1 saturated heterocycles. The van der Waals surface area contributed by atoms with Crippen molar-refractivity contribution in [2.24, 2.45) is 0 Å². The fraction of sp³-hybridized carbons (Fsp3) is 0.250. The first-order valence-corrected chi connectivity index (χ1v) is 8.30. The molecule has 1 fully saturated rings. The summed E-state index contributed by atoms with van der Waals surface area (Å²) in [5.41, 5.74) is 2.72. The van der Waals surface area contributed by atoms with Crippen LogP contribution in [0.25, 0.3) is 0 Å². The molecule has 1 aliphatic rings. The van der Waals surface area contributed by atoms with Crippen LogP contribution in [0.1, 0.15) is 10.4 Å². The van der Waals surface area contributed by atoms with Crippen molar-refractivity contribution in [1.82, 2.24) is 0 Å². The molecule has 25 heavy (non-hydrogen) atoms. The van der Waals surface area contributed by atoms with Gasteiger partial charge in [-0.3, -0.25) is 4.79 Å². The van der Waals surface area contributed by atoms with Gasteiger partial charge in [0.2, 0.25) is 0 Å². The highest BCUT2D eigenvalue weighted by molar-refractivity contribution is 6.04. The number of benzene rings is 2. The number of nitrogens with zero attached hydrogens (tertiary/aromatic N) is 1. The maximum atomic E-state index is 12.2. The molecule has 0 unspecified atom stereocenters. The molecule has 0 amide bonds. The van der Waals surface area contributed by atoms with Crippen molar-refractivity contribution in [1.29, 1.82) is 0 Å². The van der Waals surface area contributed by atoms with Crippen molar-refractivity contribution < 1.29 is 14.3 Å². The van der Waals surface area contributed by atoms with Gasteiger partial charge in [0.25, 0.3) is 0 Å². The lowest BCUT2D eigenvalue weighted by Gasteiger charge is -2.28. The lowest BCUT2D eigenvalue weighted by atomic mass is 10.1. The van der Waals surface area contributed by atoms with Crippen molar-refractivity contribution in [3.8, 4) is 5.75 Å². The molecular formula is C20H22N2O3. The topological polar surface area (TPSA) is 50.8 Å². The van der Waals surface area contributed by atoms with Crippen molar-refractivity contribution >= 4 is 17.2 Å². The van der Waals surface area contributed by atoms with Gasteiger partial charge >= 0.3 is 0 Å². The van der Waals surface area contributed by atoms with E-state index in [1.807, 2.05) is 18.2 Å². The predicted molar refractivity (Wildman–Crippen MR) is 99.6 cm³/mol. The highest BCUT2D eigenvalue weighted by Crippen LogP contribution is 2.19. The number of methoxy groups -OCH3 is 1. The minimum Gasteiger partial charge on any atom is -0.497 e. The minimum absolute atomic E-state index is 0.0728. The highest BCUT2D eigenvalue weighted by Gasteiger charge is 2.10. The van der Waals surface area contributed by atoms with E-state index in [9.17, 15) is 4.79 Å². The molecule has 130 valence electrons. The molecule has 1 heterocycles. The maximum absolute atomic E-state index is 12.2. The monoisotopic (exact) mass is 338 g/mol. The number of allylic oxidation sites excluding steroid dienone is 1. The molecule has 0 radical (unpaired) electrons. The van der Waals surface area contributed by atoms with Gasteiger partial charge in [-0.15, -0.1) is 0 Å². The molecule has 1 N–H and O–H groups in total. The number of hydrogen-bond acceptors (Lipinski definition) is 5. The van der Waals surface area contributed by atoms with E-state index in [-0.39, 0.29) is 5.78 Å². The van der Waals surface area contributed by atoms with Gasteiger partial charge in [0.1, 0.15) is 5.75 Å². The number of ketones is 1. The normalized spacial score (nSPS) is 14.5. The van der Waals surface area contributed by atoms with Crippen LogP contribution in [0, 0.1) is 0 Å². The third-order valence-electron chi connectivity index (χ3n) is 4.08. The lowest BCUT2D eigenvalue weighted by molar-refractivity contribution is 0.104. The summed E-state index contributed by atoms with van der Waals surface area (Å²) in [6.07, 6.45) is 3.18. The minimum atomic E-state index is -0.0728. The van der Waals surface area contributed by atoms with Gasteiger partial charge in [0.15, 0.2) is 5.78 Å². The molecule has 0 bridgehead atoms. The summed E-state index contributed by atoms with van der Waals surface area (Å²) < 4.78 is 10.5. The van der Waals surface area contributed by atoms with E-state index < -0.39 is 0 Å². The molecule has 1 aliphatic heterocycles. The fourth-order valence-electron chi connectivity index (χ4n) is 2.68. The number of morpholine rings is 1. The standard InChI is InChI=1S/C20H22N2O3/c1-24-19-4-2-3-16(15-19)20(23)9-10-21-17-5-7-18(8-6-17)22-11-13-25-14-12-22/h2-10,15,21H,11-14H2,1H3. The van der Waals surface area contributed by atoms with Gasteiger partial charge in [-0.05, 0) is 36.4 Å². The molecule has 5 heteroatoms. The number of carbonyl (C=O) groups excluding carboxylic acids is 1. The highest BCUT2D eigenvalue weighted by atomic mass is 16.5. The molecule has 0 atom stereocenters. The van der Waals surface area contributed by atoms with Gasteiger partial charge < -0.3 is 19.7 Å². The van der Waals surface area contributed by atoms with Crippen LogP contribution in [-0.2, 0) is 4.74 Å². The van der Waals surface area contributed by atoms with E-state index in [0.717, 1.165) is 32.0 Å². The Bertz CT molecular complexity index is 735. The zero-order valence-corrected chi connectivity index (χ0v) is 14.3. The second-order valence-electron chi connectivity index (χ2n) is 5.72. The number of ether oxygens (including phenoxy) is 2. The van der Waals surface area contributed by atoms with Crippen molar-refractivity contribution in [2.75, 3.05) is 43.6 Å². The number of carbonyl (C=O) groups is 1. The Morgan fingerprint density at radius 1 is 1.16 bits per heavy atom. The molecular weight excluding hydrogens is 316 g/mol. The van der Waals surface area contributed by atoms with Crippen LogP contribution in [0.4, 0.5) is 11.4 Å². The summed E-state index contributed by atoms with van der Waals surface area (Å²) in [5, 5.41) is 3.13. The largest absolute Gasteiger partial charge is 0.497 e. The molecule has 2 aromatic rings. The van der Waals surface area contributed by atoms with E-state index in [0.29, 0.717) is 11.3 Å². The van der Waals surface area contributed by atoms with Crippen LogP contribution in [0.5, 0.6) is 5.75 Å². The number of nitrogens with one attached hydrogen (secondary N) is 1. The van der Waals surface area contributed by atoms with Gasteiger partial charge in [-0.2, -0.15) is 0 Å². The van der Waals surface area contributed by atoms with Crippen LogP contribution in [0.2, 0.25) is 0 Å². The van der Waals surface area contributed by atoms with Gasteiger partial charge in [0.05, 0.1) is 20.3 Å². The van der Waals surface area contributed by atoms with E-state index in [2.05, 4.69) is 22.3 Å². The maximum Gasteiger partial charge on any atom is 0.187 e. The summed E-state index contributed by atoms with van der Waals surface area (Å²) in [7, 11) is 1.58. The summed E-state index contributed by atoms with van der Waals surface area (Å²) >= 11 is 0. The fourth-order valence-corrected chi connectivity index (χ4v) is 2.68. The zero-order valence-electron chi connectivity index (χ0n) is 14.3. The van der Waals surface area contributed by atoms with Gasteiger partial charge in [-0.25, -0.2) is 0 Å². The first-order chi connectivity index (χ1) is 12.3. The molecule has 5 nitrogen and oxygen atoms in total. The van der Waals surface area contributed by atoms with Crippen LogP contribution >= 0.6 is 0 Å². The van der Waals surface area contributed by atoms with Gasteiger partial charge in [-0.1, -0.05) is 12.1 Å². The molecule has 2 aromatic carbocycles. The molecule has 0 spiro atoms. The number of rotatable bonds is 6. The van der Waals surface area contributed by atoms with E-state index in [1.54, 1.807) is 31.5 Å². The SMILES string of the molecule is COc1cccc(C(=O)C=CNc2ccc(N3CCOCC3)cc2)c1. The van der Waals surface area contributed by atoms with Crippen LogP contribution in [0.3, 0.4) is 0 Å². The van der Waals surface area contributed by atoms with Crippen molar-refractivity contribution in [3.63, 3.8) is 0 Å². The molecule has 0 saturated carbocycles. The third kappa shape index (κ3) is 4.61. The van der Waals surface area contributed by atoms with E-state index in [4.69, 9.17) is 9.47 Å². The first kappa shape index (κ1) is 17.0. The predicted octanol–water partition coefficient (Wildman–Crippen LogP) is 3.34. The third-order valence-corrected chi connectivity index (χ3v) is 4.08. The smallest absolute Gasteiger partial charge is 0.187 e. The summed E-state index contributed by atoms with van der Waals surface area (Å²) in [6, 6.07) is 15.3. The van der Waals surface area contributed by atoms with E-state index in [1.165, 1.54) is 11.8 Å². The Balaban J connectivity index is 1.57. The lowest BCUT2D eigenvalue weighted by Crippen LogP contribution is -2.36. The van der Waals surface area contributed by atoms with Crippen LogP contribution < -0.4 is 15.0 Å². The van der Waals surface area contributed by atoms with Crippen molar-refractivity contribution in [2.45, 2.75) is 0 Å². The average molecular weight is 338 g/mol. The Labute approximate surface area is 147 Å². The Morgan fingerprint density at radius 2 is 1.92 bits per heavy atom. The zero-order chi connectivity index (χ0) is 17.5. The Hall–Kier alpha value is -2.79. The number of anilines is 2. The molecule has 0 aliphatic carbocycles. The summed E-state index contributed by atoms with van der Waals surface area (Å²) in [4.78, 5) is 14.5. The second-order valence-corrected chi connectivity index (χ2v) is 5.72. The molecule has 0 aromatic heterocycles. The Morgan fingerprint density at radius 3 is 2.64 bits per heavy atom. The van der Waals surface area contributed by atoms with Crippen molar-refractivity contribution in [3.05, 3.63) is 66.4 Å². The number of hydrogen-bond donors (Lipinski definition) is 1. The van der Waals surface area contributed by atoms with Crippen LogP contribution in [-0.4, -0.2) is 39.2 Å². The summed E-state index contributed by atoms with van der Waals surface area (Å²) in [5.74, 6) is 0.599. The summed E-state index contributed by atoms with van der Waals surface area (Å²) in [6.45, 7) is 3.38. The first-order valence-electron chi connectivity index (χ1n) is 8.30. The quantitative estimate of drug-likeness (QED) is 0.647. The van der Waals surface area contributed by atoms with Gasteiger partial charge in [0, 0.05) is 42.3 Å². The van der Waals surface area contributed by atoms with E-state index >= 15 is 0 Å². The molecule has 3 rings (SSSR count). The second kappa shape index (κ2) is 8.35.